The number of carbonyl (C=O) groups excluding carboxylic acids is 1. The Balaban J connectivity index is 1.58. The van der Waals surface area contributed by atoms with Crippen molar-refractivity contribution in [2.75, 3.05) is 18.0 Å². The third-order valence-corrected chi connectivity index (χ3v) is 5.92. The van der Waals surface area contributed by atoms with E-state index in [4.69, 9.17) is 0 Å². The Kier molecular flexibility index (Phi) is 6.20. The number of piperidine rings is 1. The molecular formula is C24H32N2O. The van der Waals surface area contributed by atoms with Gasteiger partial charge in [0.25, 0.3) is 0 Å². The number of hydrogen-bond acceptors (Lipinski definition) is 2. The molecule has 0 radical (unpaired) electrons. The highest BCUT2D eigenvalue weighted by Crippen LogP contribution is 2.26. The number of benzene rings is 2. The lowest BCUT2D eigenvalue weighted by Gasteiger charge is -2.33. The van der Waals surface area contributed by atoms with E-state index in [9.17, 15) is 4.79 Å². The Hall–Kier alpha value is -2.29. The first kappa shape index (κ1) is 19.5. The van der Waals surface area contributed by atoms with Gasteiger partial charge in [-0.2, -0.15) is 0 Å². The second-order valence-electron chi connectivity index (χ2n) is 7.91. The van der Waals surface area contributed by atoms with E-state index in [1.807, 2.05) is 0 Å². The van der Waals surface area contributed by atoms with Crippen molar-refractivity contribution in [3.63, 3.8) is 0 Å². The largest absolute Gasteiger partial charge is 0.371 e. The van der Waals surface area contributed by atoms with Crippen molar-refractivity contribution < 1.29 is 4.79 Å². The number of amides is 1. The fourth-order valence-corrected chi connectivity index (χ4v) is 3.85. The summed E-state index contributed by atoms with van der Waals surface area (Å²) in [4.78, 5) is 15.2. The predicted octanol–water partition coefficient (Wildman–Crippen LogP) is 5.10. The molecule has 1 aliphatic rings. The molecule has 0 aliphatic carbocycles. The lowest BCUT2D eigenvalue weighted by Crippen LogP contribution is -2.41. The highest BCUT2D eigenvalue weighted by atomic mass is 16.1. The van der Waals surface area contributed by atoms with Gasteiger partial charge in [0.1, 0.15) is 0 Å². The molecule has 3 rings (SSSR count). The van der Waals surface area contributed by atoms with Crippen molar-refractivity contribution in [2.24, 2.45) is 5.92 Å². The molecule has 1 fully saturated rings. The fraction of sp³-hybridized carbons (Fsp3) is 0.458. The zero-order chi connectivity index (χ0) is 19.4. The van der Waals surface area contributed by atoms with Crippen molar-refractivity contribution >= 4 is 11.6 Å². The number of carbonyl (C=O) groups is 1. The molecular weight excluding hydrogens is 332 g/mol. The molecule has 0 spiro atoms. The molecule has 3 nitrogen and oxygen atoms in total. The van der Waals surface area contributed by atoms with Crippen LogP contribution in [0.15, 0.2) is 42.5 Å². The third kappa shape index (κ3) is 4.71. The third-order valence-electron chi connectivity index (χ3n) is 5.92. The maximum atomic E-state index is 12.9. The van der Waals surface area contributed by atoms with Crippen molar-refractivity contribution in [1.29, 1.82) is 0 Å². The summed E-state index contributed by atoms with van der Waals surface area (Å²) >= 11 is 0. The fourth-order valence-electron chi connectivity index (χ4n) is 3.85. The standard InChI is InChI=1S/C24H32N2O/c1-5-23(21-9-8-18(3)19(4)16-21)25-24(27)20-12-14-26(15-13-20)22-10-6-17(2)7-11-22/h6-11,16,20,23H,5,12-15H2,1-4H3,(H,25,27)/t23-/m1/s1. The SMILES string of the molecule is CC[C@@H](NC(=O)C1CCN(c2ccc(C)cc2)CC1)c1ccc(C)c(C)c1. The zero-order valence-corrected chi connectivity index (χ0v) is 17.1. The normalized spacial score (nSPS) is 16.2. The van der Waals surface area contributed by atoms with Crippen LogP contribution < -0.4 is 10.2 Å². The molecule has 0 saturated carbocycles. The Morgan fingerprint density at radius 2 is 1.70 bits per heavy atom. The Morgan fingerprint density at radius 3 is 2.30 bits per heavy atom. The van der Waals surface area contributed by atoms with Gasteiger partial charge in [-0.1, -0.05) is 42.8 Å². The van der Waals surface area contributed by atoms with Gasteiger partial charge in [0.2, 0.25) is 5.91 Å². The van der Waals surface area contributed by atoms with E-state index in [-0.39, 0.29) is 17.9 Å². The van der Waals surface area contributed by atoms with Gasteiger partial charge in [-0.05, 0) is 68.9 Å². The molecule has 0 aromatic heterocycles. The van der Waals surface area contributed by atoms with Gasteiger partial charge in [-0.25, -0.2) is 0 Å². The first-order chi connectivity index (χ1) is 13.0. The summed E-state index contributed by atoms with van der Waals surface area (Å²) in [6, 6.07) is 15.3. The average Bonchev–Trinajstić information content (AvgIpc) is 2.69. The van der Waals surface area contributed by atoms with Crippen LogP contribution in [0.5, 0.6) is 0 Å². The van der Waals surface area contributed by atoms with Crippen LogP contribution in [0.2, 0.25) is 0 Å². The van der Waals surface area contributed by atoms with E-state index < -0.39 is 0 Å². The maximum Gasteiger partial charge on any atom is 0.223 e. The van der Waals surface area contributed by atoms with Gasteiger partial charge >= 0.3 is 0 Å². The zero-order valence-electron chi connectivity index (χ0n) is 17.1. The van der Waals surface area contributed by atoms with Gasteiger partial charge in [-0.15, -0.1) is 0 Å². The van der Waals surface area contributed by atoms with Gasteiger partial charge in [-0.3, -0.25) is 4.79 Å². The van der Waals surface area contributed by atoms with Gasteiger partial charge in [0.05, 0.1) is 6.04 Å². The van der Waals surface area contributed by atoms with E-state index >= 15 is 0 Å². The Morgan fingerprint density at radius 1 is 1.04 bits per heavy atom. The van der Waals surface area contributed by atoms with Gasteiger partial charge in [0.15, 0.2) is 0 Å². The van der Waals surface area contributed by atoms with Crippen molar-refractivity contribution in [2.45, 2.75) is 53.0 Å². The summed E-state index contributed by atoms with van der Waals surface area (Å²) in [5, 5.41) is 3.30. The molecule has 1 N–H and O–H groups in total. The molecule has 144 valence electrons. The smallest absolute Gasteiger partial charge is 0.223 e. The summed E-state index contributed by atoms with van der Waals surface area (Å²) < 4.78 is 0. The summed E-state index contributed by atoms with van der Waals surface area (Å²) in [6.07, 6.45) is 2.75. The summed E-state index contributed by atoms with van der Waals surface area (Å²) in [5.74, 6) is 0.330. The molecule has 1 atom stereocenters. The van der Waals surface area contributed by atoms with E-state index in [1.54, 1.807) is 0 Å². The minimum Gasteiger partial charge on any atom is -0.371 e. The quantitative estimate of drug-likeness (QED) is 0.801. The van der Waals surface area contributed by atoms with Crippen molar-refractivity contribution in [1.82, 2.24) is 5.32 Å². The molecule has 1 heterocycles. The average molecular weight is 365 g/mol. The van der Waals surface area contributed by atoms with E-state index in [2.05, 4.69) is 80.4 Å². The first-order valence-corrected chi connectivity index (χ1v) is 10.2. The minimum absolute atomic E-state index is 0.104. The number of hydrogen-bond donors (Lipinski definition) is 1. The lowest BCUT2D eigenvalue weighted by atomic mass is 9.93. The van der Waals surface area contributed by atoms with Crippen LogP contribution in [-0.4, -0.2) is 19.0 Å². The van der Waals surface area contributed by atoms with Crippen LogP contribution in [0.1, 0.15) is 54.5 Å². The predicted molar refractivity (Wildman–Crippen MR) is 113 cm³/mol. The number of nitrogens with zero attached hydrogens (tertiary/aromatic N) is 1. The van der Waals surface area contributed by atoms with Crippen LogP contribution in [0.4, 0.5) is 5.69 Å². The summed E-state index contributed by atoms with van der Waals surface area (Å²) in [7, 11) is 0. The molecule has 2 aromatic carbocycles. The van der Waals surface area contributed by atoms with E-state index in [1.165, 1.54) is 27.9 Å². The lowest BCUT2D eigenvalue weighted by molar-refractivity contribution is -0.126. The van der Waals surface area contributed by atoms with E-state index in [0.29, 0.717) is 0 Å². The summed E-state index contributed by atoms with van der Waals surface area (Å²) in [5.41, 5.74) is 6.34. The second-order valence-corrected chi connectivity index (χ2v) is 7.91. The molecule has 1 amide bonds. The number of aryl methyl sites for hydroxylation is 3. The Labute approximate surface area is 163 Å². The minimum atomic E-state index is 0.104. The molecule has 2 aromatic rings. The van der Waals surface area contributed by atoms with Crippen LogP contribution in [0.3, 0.4) is 0 Å². The molecule has 0 bridgehead atoms. The van der Waals surface area contributed by atoms with Crippen molar-refractivity contribution in [3.05, 3.63) is 64.7 Å². The topological polar surface area (TPSA) is 32.3 Å². The van der Waals surface area contributed by atoms with Gasteiger partial charge < -0.3 is 10.2 Å². The molecule has 27 heavy (non-hydrogen) atoms. The van der Waals surface area contributed by atoms with Crippen LogP contribution in [0.25, 0.3) is 0 Å². The molecule has 0 unspecified atom stereocenters. The van der Waals surface area contributed by atoms with Crippen LogP contribution in [-0.2, 0) is 4.79 Å². The van der Waals surface area contributed by atoms with Crippen LogP contribution >= 0.6 is 0 Å². The monoisotopic (exact) mass is 364 g/mol. The van der Waals surface area contributed by atoms with Gasteiger partial charge in [0, 0.05) is 24.7 Å². The second kappa shape index (κ2) is 8.60. The highest BCUT2D eigenvalue weighted by Gasteiger charge is 2.26. The number of anilines is 1. The van der Waals surface area contributed by atoms with Crippen LogP contribution in [0, 0.1) is 26.7 Å². The number of nitrogens with one attached hydrogen (secondary N) is 1. The number of rotatable bonds is 5. The first-order valence-electron chi connectivity index (χ1n) is 10.2. The Bertz CT molecular complexity index is 773. The molecule has 1 saturated heterocycles. The highest BCUT2D eigenvalue weighted by molar-refractivity contribution is 5.79. The summed E-state index contributed by atoms with van der Waals surface area (Å²) in [6.45, 7) is 10.4. The molecule has 1 aliphatic heterocycles. The molecule has 3 heteroatoms. The maximum absolute atomic E-state index is 12.9. The van der Waals surface area contributed by atoms with Crippen molar-refractivity contribution in [3.8, 4) is 0 Å². The van der Waals surface area contributed by atoms with E-state index in [0.717, 1.165) is 32.4 Å².